The number of hydrogen-bond donors (Lipinski definition) is 2. The van der Waals surface area contributed by atoms with Gasteiger partial charge in [-0.1, -0.05) is 42.5 Å². The van der Waals surface area contributed by atoms with Gasteiger partial charge in [-0.15, -0.1) is 0 Å². The third-order valence-corrected chi connectivity index (χ3v) is 4.98. The maximum atomic E-state index is 13.0. The quantitative estimate of drug-likeness (QED) is 0.532. The SMILES string of the molecule is N#C/C(=C/Nc1cccc2c(O)cccc12)C(=O)N1CCCc2ccccc21. The van der Waals surface area contributed by atoms with E-state index in [-0.39, 0.29) is 17.2 Å². The Kier molecular flexibility index (Phi) is 4.69. The summed E-state index contributed by atoms with van der Waals surface area (Å²) in [6.45, 7) is 0.594. The minimum atomic E-state index is -0.315. The van der Waals surface area contributed by atoms with Crippen LogP contribution in [-0.4, -0.2) is 17.6 Å². The van der Waals surface area contributed by atoms with E-state index in [0.29, 0.717) is 17.6 Å². The average molecular weight is 369 g/mol. The highest BCUT2D eigenvalue weighted by Gasteiger charge is 2.24. The molecule has 0 unspecified atom stereocenters. The van der Waals surface area contributed by atoms with Crippen molar-refractivity contribution in [1.29, 1.82) is 5.26 Å². The number of phenolic OH excluding ortho intramolecular Hbond substituents is 1. The zero-order valence-electron chi connectivity index (χ0n) is 15.2. The number of aromatic hydroxyl groups is 1. The fraction of sp³-hybridized carbons (Fsp3) is 0.130. The molecule has 5 heteroatoms. The van der Waals surface area contributed by atoms with E-state index in [1.807, 2.05) is 54.6 Å². The summed E-state index contributed by atoms with van der Waals surface area (Å²) in [4.78, 5) is 14.7. The maximum absolute atomic E-state index is 13.0. The Morgan fingerprint density at radius 1 is 1.07 bits per heavy atom. The van der Waals surface area contributed by atoms with Gasteiger partial charge in [0.25, 0.3) is 5.91 Å². The van der Waals surface area contributed by atoms with E-state index in [4.69, 9.17) is 0 Å². The average Bonchev–Trinajstić information content (AvgIpc) is 2.74. The van der Waals surface area contributed by atoms with Gasteiger partial charge in [0.05, 0.1) is 0 Å². The molecule has 138 valence electrons. The topological polar surface area (TPSA) is 76.4 Å². The van der Waals surface area contributed by atoms with Gasteiger partial charge in [0.1, 0.15) is 17.4 Å². The number of nitriles is 1. The van der Waals surface area contributed by atoms with E-state index >= 15 is 0 Å². The first-order chi connectivity index (χ1) is 13.7. The summed E-state index contributed by atoms with van der Waals surface area (Å²) in [5.41, 5.74) is 2.74. The van der Waals surface area contributed by atoms with E-state index in [0.717, 1.165) is 29.5 Å². The first kappa shape index (κ1) is 17.6. The Bertz CT molecular complexity index is 1130. The highest BCUT2D eigenvalue weighted by molar-refractivity contribution is 6.09. The number of anilines is 2. The van der Waals surface area contributed by atoms with Crippen LogP contribution in [0, 0.1) is 11.3 Å². The number of para-hydroxylation sites is 1. The van der Waals surface area contributed by atoms with E-state index in [9.17, 15) is 15.2 Å². The molecule has 0 fully saturated rings. The van der Waals surface area contributed by atoms with Crippen LogP contribution in [0.2, 0.25) is 0 Å². The molecule has 0 spiro atoms. The van der Waals surface area contributed by atoms with Gasteiger partial charge in [-0.2, -0.15) is 5.26 Å². The van der Waals surface area contributed by atoms with Gasteiger partial charge < -0.3 is 15.3 Å². The number of benzene rings is 3. The van der Waals surface area contributed by atoms with E-state index in [2.05, 4.69) is 5.32 Å². The summed E-state index contributed by atoms with van der Waals surface area (Å²) in [6, 6.07) is 20.6. The Hall–Kier alpha value is -3.78. The minimum absolute atomic E-state index is 0.0360. The molecule has 1 aliphatic heterocycles. The van der Waals surface area contributed by atoms with E-state index in [1.165, 1.54) is 6.20 Å². The Morgan fingerprint density at radius 3 is 2.71 bits per heavy atom. The van der Waals surface area contributed by atoms with Crippen LogP contribution in [0.4, 0.5) is 11.4 Å². The highest BCUT2D eigenvalue weighted by atomic mass is 16.3. The molecule has 0 aromatic heterocycles. The standard InChI is InChI=1S/C23H19N3O2/c24-14-17(23(28)26-13-5-7-16-6-1-2-11-21(16)26)15-25-20-10-3-9-19-18(20)8-4-12-22(19)27/h1-4,6,8-12,15,25,27H,5,7,13H2/b17-15-. The van der Waals surface area contributed by atoms with Crippen molar-refractivity contribution < 1.29 is 9.90 Å². The number of amides is 1. The second-order valence-electron chi connectivity index (χ2n) is 6.68. The number of aryl methyl sites for hydroxylation is 1. The highest BCUT2D eigenvalue weighted by Crippen LogP contribution is 2.30. The zero-order valence-corrected chi connectivity index (χ0v) is 15.2. The van der Waals surface area contributed by atoms with Crippen LogP contribution >= 0.6 is 0 Å². The number of rotatable bonds is 3. The summed E-state index contributed by atoms with van der Waals surface area (Å²) < 4.78 is 0. The number of hydrogen-bond acceptors (Lipinski definition) is 4. The monoisotopic (exact) mass is 369 g/mol. The second-order valence-corrected chi connectivity index (χ2v) is 6.68. The van der Waals surface area contributed by atoms with Gasteiger partial charge in [0.2, 0.25) is 0 Å². The van der Waals surface area contributed by atoms with E-state index in [1.54, 1.807) is 17.0 Å². The smallest absolute Gasteiger partial charge is 0.270 e. The minimum Gasteiger partial charge on any atom is -0.507 e. The molecule has 3 aromatic rings. The molecule has 3 aromatic carbocycles. The van der Waals surface area contributed by atoms with E-state index < -0.39 is 0 Å². The molecule has 0 bridgehead atoms. The Labute approximate surface area is 163 Å². The summed E-state index contributed by atoms with van der Waals surface area (Å²) in [7, 11) is 0. The van der Waals surface area contributed by atoms with Crippen LogP contribution in [0.3, 0.4) is 0 Å². The summed E-state index contributed by atoms with van der Waals surface area (Å²) in [5, 5.41) is 24.2. The molecule has 0 saturated carbocycles. The van der Waals surface area contributed by atoms with Crippen molar-refractivity contribution in [2.24, 2.45) is 0 Å². The predicted octanol–water partition coefficient (Wildman–Crippen LogP) is 4.34. The number of nitrogens with zero attached hydrogens (tertiary/aromatic N) is 2. The molecule has 0 radical (unpaired) electrons. The van der Waals surface area contributed by atoms with Gasteiger partial charge in [-0.05, 0) is 36.6 Å². The fourth-order valence-electron chi connectivity index (χ4n) is 3.60. The lowest BCUT2D eigenvalue weighted by Gasteiger charge is -2.29. The molecular formula is C23H19N3O2. The molecule has 5 nitrogen and oxygen atoms in total. The lowest BCUT2D eigenvalue weighted by atomic mass is 10.0. The second kappa shape index (κ2) is 7.45. The van der Waals surface area contributed by atoms with Crippen molar-refractivity contribution in [3.8, 4) is 11.8 Å². The van der Waals surface area contributed by atoms with Gasteiger partial charge in [0, 0.05) is 34.9 Å². The molecule has 0 atom stereocenters. The number of carbonyl (C=O) groups excluding carboxylic acids is 1. The molecule has 28 heavy (non-hydrogen) atoms. The van der Waals surface area contributed by atoms with Gasteiger partial charge in [-0.25, -0.2) is 0 Å². The molecule has 1 aliphatic rings. The van der Waals surface area contributed by atoms with Crippen molar-refractivity contribution in [1.82, 2.24) is 0 Å². The Balaban J connectivity index is 1.64. The maximum Gasteiger partial charge on any atom is 0.270 e. The number of phenols is 1. The zero-order chi connectivity index (χ0) is 19.5. The molecule has 0 aliphatic carbocycles. The van der Waals surface area contributed by atoms with Crippen molar-refractivity contribution in [3.63, 3.8) is 0 Å². The summed E-state index contributed by atoms with van der Waals surface area (Å²) >= 11 is 0. The van der Waals surface area contributed by atoms with Gasteiger partial charge in [-0.3, -0.25) is 4.79 Å². The summed E-state index contributed by atoms with van der Waals surface area (Å²) in [5.74, 6) is -0.128. The van der Waals surface area contributed by atoms with Crippen LogP contribution in [-0.2, 0) is 11.2 Å². The van der Waals surface area contributed by atoms with Crippen molar-refractivity contribution in [2.45, 2.75) is 12.8 Å². The van der Waals surface area contributed by atoms with Crippen LogP contribution in [0.5, 0.6) is 5.75 Å². The molecule has 1 amide bonds. The normalized spacial score (nSPS) is 13.7. The third kappa shape index (κ3) is 3.17. The molecule has 1 heterocycles. The molecular weight excluding hydrogens is 350 g/mol. The third-order valence-electron chi connectivity index (χ3n) is 4.98. The van der Waals surface area contributed by atoms with Crippen LogP contribution < -0.4 is 10.2 Å². The lowest BCUT2D eigenvalue weighted by molar-refractivity contribution is -0.114. The van der Waals surface area contributed by atoms with Crippen molar-refractivity contribution >= 4 is 28.1 Å². The van der Waals surface area contributed by atoms with Crippen molar-refractivity contribution in [2.75, 3.05) is 16.8 Å². The number of fused-ring (bicyclic) bond motifs is 2. The first-order valence-electron chi connectivity index (χ1n) is 9.16. The number of nitrogens with one attached hydrogen (secondary N) is 1. The lowest BCUT2D eigenvalue weighted by Crippen LogP contribution is -2.36. The molecule has 2 N–H and O–H groups in total. The van der Waals surface area contributed by atoms with Crippen LogP contribution in [0.1, 0.15) is 12.0 Å². The van der Waals surface area contributed by atoms with Crippen molar-refractivity contribution in [3.05, 3.63) is 78.0 Å². The largest absolute Gasteiger partial charge is 0.507 e. The first-order valence-corrected chi connectivity index (χ1v) is 9.16. The molecule has 0 saturated heterocycles. The van der Waals surface area contributed by atoms with Crippen LogP contribution in [0.25, 0.3) is 10.8 Å². The molecule has 4 rings (SSSR count). The Morgan fingerprint density at radius 2 is 1.86 bits per heavy atom. The number of carbonyl (C=O) groups is 1. The van der Waals surface area contributed by atoms with Crippen LogP contribution in [0.15, 0.2) is 72.4 Å². The predicted molar refractivity (Wildman–Crippen MR) is 110 cm³/mol. The fourth-order valence-corrected chi connectivity index (χ4v) is 3.60. The van der Waals surface area contributed by atoms with Gasteiger partial charge >= 0.3 is 0 Å². The summed E-state index contributed by atoms with van der Waals surface area (Å²) in [6.07, 6.45) is 3.25. The van der Waals surface area contributed by atoms with Gasteiger partial charge in [0.15, 0.2) is 0 Å².